The molecule has 2 aliphatic rings. The molecule has 130 valence electrons. The van der Waals surface area contributed by atoms with Crippen LogP contribution in [-0.4, -0.2) is 71.9 Å². The molecule has 0 aliphatic carbocycles. The van der Waals surface area contributed by atoms with Gasteiger partial charge in [-0.2, -0.15) is 11.8 Å². The lowest BCUT2D eigenvalue weighted by atomic mass is 10.1. The van der Waals surface area contributed by atoms with Gasteiger partial charge in [0.25, 0.3) is 0 Å². The van der Waals surface area contributed by atoms with Crippen molar-refractivity contribution < 1.29 is 9.59 Å². The van der Waals surface area contributed by atoms with Gasteiger partial charge in [0.2, 0.25) is 11.8 Å². The summed E-state index contributed by atoms with van der Waals surface area (Å²) < 4.78 is 0. The van der Waals surface area contributed by atoms with Crippen LogP contribution in [0, 0.1) is 0 Å². The van der Waals surface area contributed by atoms with Crippen LogP contribution >= 0.6 is 11.8 Å². The van der Waals surface area contributed by atoms with Crippen LogP contribution in [0.1, 0.15) is 12.0 Å². The van der Waals surface area contributed by atoms with Crippen LogP contribution in [0.25, 0.3) is 0 Å². The average Bonchev–Trinajstić information content (AvgIpc) is 2.63. The summed E-state index contributed by atoms with van der Waals surface area (Å²) in [5, 5.41) is 2.91. The zero-order valence-electron chi connectivity index (χ0n) is 13.9. The van der Waals surface area contributed by atoms with Crippen molar-refractivity contribution in [3.63, 3.8) is 0 Å². The molecule has 24 heavy (non-hydrogen) atoms. The number of nitrogens with one attached hydrogen (secondary N) is 1. The normalized spacial score (nSPS) is 22.2. The standard InChI is InChI=1S/C18H25N3O2S/c22-17(21-10-12-24-13-11-21)14-16-18(23)19-7-9-20(16)8-6-15-4-2-1-3-5-15/h1-5,16H,6-14H2,(H,19,23). The van der Waals surface area contributed by atoms with Crippen molar-refractivity contribution in [2.45, 2.75) is 18.9 Å². The van der Waals surface area contributed by atoms with Gasteiger partial charge < -0.3 is 10.2 Å². The number of amides is 2. The van der Waals surface area contributed by atoms with Gasteiger partial charge in [0.05, 0.1) is 12.5 Å². The highest BCUT2D eigenvalue weighted by Crippen LogP contribution is 2.15. The first-order valence-corrected chi connectivity index (χ1v) is 9.81. The second kappa shape index (κ2) is 8.53. The number of nitrogens with zero attached hydrogens (tertiary/aromatic N) is 2. The molecular formula is C18H25N3O2S. The van der Waals surface area contributed by atoms with Gasteiger partial charge in [-0.05, 0) is 12.0 Å². The molecule has 1 unspecified atom stereocenters. The fraction of sp³-hybridized carbons (Fsp3) is 0.556. The average molecular weight is 347 g/mol. The maximum absolute atomic E-state index is 12.5. The molecular weight excluding hydrogens is 322 g/mol. The Morgan fingerprint density at radius 2 is 1.92 bits per heavy atom. The second-order valence-electron chi connectivity index (χ2n) is 6.28. The minimum atomic E-state index is -0.329. The summed E-state index contributed by atoms with van der Waals surface area (Å²) in [5.74, 6) is 2.11. The maximum atomic E-state index is 12.5. The molecule has 2 saturated heterocycles. The number of carbonyl (C=O) groups excluding carboxylic acids is 2. The van der Waals surface area contributed by atoms with E-state index in [0.717, 1.165) is 44.1 Å². The molecule has 3 rings (SSSR count). The van der Waals surface area contributed by atoms with E-state index in [2.05, 4.69) is 22.3 Å². The van der Waals surface area contributed by atoms with Gasteiger partial charge in [-0.25, -0.2) is 0 Å². The Kier molecular flexibility index (Phi) is 6.15. The minimum Gasteiger partial charge on any atom is -0.353 e. The van der Waals surface area contributed by atoms with Crippen LogP contribution in [0.5, 0.6) is 0 Å². The predicted molar refractivity (Wildman–Crippen MR) is 97.0 cm³/mol. The Morgan fingerprint density at radius 1 is 1.17 bits per heavy atom. The van der Waals surface area contributed by atoms with Gasteiger partial charge in [-0.15, -0.1) is 0 Å². The summed E-state index contributed by atoms with van der Waals surface area (Å²) in [4.78, 5) is 28.9. The van der Waals surface area contributed by atoms with Crippen molar-refractivity contribution in [1.82, 2.24) is 15.1 Å². The Labute approximate surface area is 147 Å². The third kappa shape index (κ3) is 4.51. The van der Waals surface area contributed by atoms with E-state index in [1.165, 1.54) is 5.56 Å². The molecule has 0 aromatic heterocycles. The van der Waals surface area contributed by atoms with E-state index in [-0.39, 0.29) is 17.9 Å². The summed E-state index contributed by atoms with van der Waals surface area (Å²) >= 11 is 1.89. The Morgan fingerprint density at radius 3 is 2.67 bits per heavy atom. The van der Waals surface area contributed by atoms with Crippen molar-refractivity contribution in [3.05, 3.63) is 35.9 Å². The third-order valence-electron chi connectivity index (χ3n) is 4.70. The molecule has 2 heterocycles. The molecule has 0 spiro atoms. The predicted octanol–water partition coefficient (Wildman–Crippen LogP) is 0.995. The van der Waals surface area contributed by atoms with Gasteiger partial charge in [0, 0.05) is 44.2 Å². The van der Waals surface area contributed by atoms with E-state index in [1.54, 1.807) is 0 Å². The molecule has 6 heteroatoms. The maximum Gasteiger partial charge on any atom is 0.237 e. The lowest BCUT2D eigenvalue weighted by molar-refractivity contribution is -0.138. The zero-order chi connectivity index (χ0) is 16.8. The molecule has 2 fully saturated rings. The fourth-order valence-corrected chi connectivity index (χ4v) is 4.18. The van der Waals surface area contributed by atoms with Gasteiger partial charge in [0.15, 0.2) is 0 Å². The van der Waals surface area contributed by atoms with E-state index in [1.807, 2.05) is 34.9 Å². The Balaban J connectivity index is 1.59. The first-order chi connectivity index (χ1) is 11.7. The number of rotatable bonds is 5. The van der Waals surface area contributed by atoms with Crippen molar-refractivity contribution in [3.8, 4) is 0 Å². The highest BCUT2D eigenvalue weighted by atomic mass is 32.2. The molecule has 0 bridgehead atoms. The minimum absolute atomic E-state index is 0.00551. The van der Waals surface area contributed by atoms with Crippen molar-refractivity contribution >= 4 is 23.6 Å². The van der Waals surface area contributed by atoms with Crippen LogP contribution in [-0.2, 0) is 16.0 Å². The molecule has 0 saturated carbocycles. The quantitative estimate of drug-likeness (QED) is 0.863. The van der Waals surface area contributed by atoms with Crippen LogP contribution in [0.2, 0.25) is 0 Å². The SMILES string of the molecule is O=C1NCCN(CCc2ccccc2)C1CC(=O)N1CCSCC1. The van der Waals surface area contributed by atoms with Crippen molar-refractivity contribution in [1.29, 1.82) is 0 Å². The first-order valence-electron chi connectivity index (χ1n) is 8.65. The van der Waals surface area contributed by atoms with Crippen molar-refractivity contribution in [2.75, 3.05) is 44.2 Å². The summed E-state index contributed by atoms with van der Waals surface area (Å²) in [6.07, 6.45) is 1.20. The summed E-state index contributed by atoms with van der Waals surface area (Å²) in [5.41, 5.74) is 1.27. The van der Waals surface area contributed by atoms with E-state index in [0.29, 0.717) is 13.0 Å². The summed E-state index contributed by atoms with van der Waals surface area (Å²) in [6, 6.07) is 9.97. The smallest absolute Gasteiger partial charge is 0.237 e. The molecule has 1 atom stereocenters. The lowest BCUT2D eigenvalue weighted by Crippen LogP contribution is -2.57. The monoisotopic (exact) mass is 347 g/mol. The highest BCUT2D eigenvalue weighted by Gasteiger charge is 2.32. The lowest BCUT2D eigenvalue weighted by Gasteiger charge is -2.36. The van der Waals surface area contributed by atoms with E-state index in [9.17, 15) is 9.59 Å². The number of carbonyl (C=O) groups is 2. The molecule has 1 aromatic rings. The van der Waals surface area contributed by atoms with Crippen LogP contribution in [0.4, 0.5) is 0 Å². The van der Waals surface area contributed by atoms with E-state index >= 15 is 0 Å². The molecule has 2 aliphatic heterocycles. The molecule has 2 amide bonds. The second-order valence-corrected chi connectivity index (χ2v) is 7.50. The fourth-order valence-electron chi connectivity index (χ4n) is 3.28. The Bertz CT molecular complexity index is 561. The highest BCUT2D eigenvalue weighted by molar-refractivity contribution is 7.99. The molecule has 1 N–H and O–H groups in total. The van der Waals surface area contributed by atoms with Gasteiger partial charge in [-0.1, -0.05) is 30.3 Å². The van der Waals surface area contributed by atoms with Crippen LogP contribution in [0.3, 0.4) is 0 Å². The van der Waals surface area contributed by atoms with Crippen LogP contribution < -0.4 is 5.32 Å². The van der Waals surface area contributed by atoms with Gasteiger partial charge in [-0.3, -0.25) is 14.5 Å². The Hall–Kier alpha value is -1.53. The third-order valence-corrected chi connectivity index (χ3v) is 5.65. The van der Waals surface area contributed by atoms with Crippen molar-refractivity contribution in [2.24, 2.45) is 0 Å². The van der Waals surface area contributed by atoms with E-state index < -0.39 is 0 Å². The molecule has 5 nitrogen and oxygen atoms in total. The summed E-state index contributed by atoms with van der Waals surface area (Å²) in [6.45, 7) is 3.90. The topological polar surface area (TPSA) is 52.7 Å². The number of thioether (sulfide) groups is 1. The number of piperazine rings is 1. The first kappa shape index (κ1) is 17.3. The largest absolute Gasteiger partial charge is 0.353 e. The van der Waals surface area contributed by atoms with Crippen LogP contribution in [0.15, 0.2) is 30.3 Å². The number of hydrogen-bond donors (Lipinski definition) is 1. The zero-order valence-corrected chi connectivity index (χ0v) is 14.8. The number of benzene rings is 1. The molecule has 0 radical (unpaired) electrons. The number of hydrogen-bond acceptors (Lipinski definition) is 4. The van der Waals surface area contributed by atoms with E-state index in [4.69, 9.17) is 0 Å². The van der Waals surface area contributed by atoms with Gasteiger partial charge >= 0.3 is 0 Å². The molecule has 1 aromatic carbocycles. The van der Waals surface area contributed by atoms with Gasteiger partial charge in [0.1, 0.15) is 0 Å². The summed E-state index contributed by atoms with van der Waals surface area (Å²) in [7, 11) is 0.